The van der Waals surface area contributed by atoms with E-state index in [0.717, 1.165) is 33.8 Å². The van der Waals surface area contributed by atoms with E-state index >= 15 is 0 Å². The normalized spacial score (nSPS) is 10.8. The zero-order chi connectivity index (χ0) is 22.0. The molecule has 1 heterocycles. The molecule has 156 valence electrons. The van der Waals surface area contributed by atoms with Crippen molar-refractivity contribution in [3.8, 4) is 22.7 Å². The summed E-state index contributed by atoms with van der Waals surface area (Å²) in [6.45, 7) is 4.21. The molecule has 0 unspecified atom stereocenters. The van der Waals surface area contributed by atoms with Gasteiger partial charge < -0.3 is 14.4 Å². The van der Waals surface area contributed by atoms with E-state index in [1.165, 1.54) is 0 Å². The van der Waals surface area contributed by atoms with Crippen LogP contribution in [0, 0.1) is 13.8 Å². The Morgan fingerprint density at radius 3 is 2.48 bits per heavy atom. The summed E-state index contributed by atoms with van der Waals surface area (Å²) < 4.78 is 8.17. The van der Waals surface area contributed by atoms with Gasteiger partial charge in [-0.05, 0) is 67.4 Å². The lowest BCUT2D eigenvalue weighted by Gasteiger charge is -2.17. The maximum atomic E-state index is 11.7. The summed E-state index contributed by atoms with van der Waals surface area (Å²) in [6.07, 6.45) is 0. The van der Waals surface area contributed by atoms with E-state index in [0.29, 0.717) is 17.4 Å². The van der Waals surface area contributed by atoms with Gasteiger partial charge in [-0.2, -0.15) is 0 Å². The predicted octanol–water partition coefficient (Wildman–Crippen LogP) is 6.69. The molecule has 0 radical (unpaired) electrons. The molecule has 0 atom stereocenters. The molecule has 0 fully saturated rings. The van der Waals surface area contributed by atoms with Crippen LogP contribution in [0.1, 0.15) is 27.2 Å². The topological polar surface area (TPSA) is 51.5 Å². The van der Waals surface area contributed by atoms with Crippen molar-refractivity contribution in [2.75, 3.05) is 0 Å². The number of carbonyl (C=O) groups is 1. The fourth-order valence-corrected chi connectivity index (χ4v) is 3.81. The number of halogens is 1. The Morgan fingerprint density at radius 2 is 1.74 bits per heavy atom. The molecule has 4 aromatic rings. The molecule has 3 aromatic carbocycles. The highest BCUT2D eigenvalue weighted by Gasteiger charge is 2.17. The molecular weight excluding hydrogens is 410 g/mol. The molecule has 0 aliphatic heterocycles. The zero-order valence-corrected chi connectivity index (χ0v) is 18.1. The van der Waals surface area contributed by atoms with E-state index in [9.17, 15) is 9.90 Å². The van der Waals surface area contributed by atoms with Crippen molar-refractivity contribution in [3.05, 3.63) is 106 Å². The number of nitrogens with zero attached hydrogens (tertiary/aromatic N) is 1. The van der Waals surface area contributed by atoms with Crippen LogP contribution in [-0.4, -0.2) is 15.6 Å². The van der Waals surface area contributed by atoms with Crippen molar-refractivity contribution >= 4 is 17.6 Å². The van der Waals surface area contributed by atoms with Crippen LogP contribution in [-0.2, 0) is 6.61 Å². The standard InChI is InChI=1S/C26H22ClNO3/c1-17-8-11-21(15-22(17)26(29)30)28-18(2)9-12-24(28)23-14-20(27)10-13-25(23)31-16-19-6-4-3-5-7-19/h3-15H,16H2,1-2H3,(H,29,30). The lowest BCUT2D eigenvalue weighted by molar-refractivity contribution is 0.0696. The van der Waals surface area contributed by atoms with Crippen LogP contribution in [0.15, 0.2) is 78.9 Å². The van der Waals surface area contributed by atoms with E-state index in [1.807, 2.05) is 78.2 Å². The second-order valence-electron chi connectivity index (χ2n) is 7.41. The van der Waals surface area contributed by atoms with Gasteiger partial charge in [0.25, 0.3) is 0 Å². The van der Waals surface area contributed by atoms with E-state index in [-0.39, 0.29) is 5.56 Å². The fourth-order valence-electron chi connectivity index (χ4n) is 3.63. The number of aromatic carboxylic acids is 1. The molecule has 4 nitrogen and oxygen atoms in total. The van der Waals surface area contributed by atoms with Crippen LogP contribution in [0.3, 0.4) is 0 Å². The summed E-state index contributed by atoms with van der Waals surface area (Å²) in [4.78, 5) is 11.7. The molecule has 0 saturated carbocycles. The second kappa shape index (κ2) is 8.70. The first kappa shape index (κ1) is 20.8. The van der Waals surface area contributed by atoms with Gasteiger partial charge in [0.05, 0.1) is 11.3 Å². The summed E-state index contributed by atoms with van der Waals surface area (Å²) in [6, 6.07) is 25.0. The number of benzene rings is 3. The Bertz CT molecular complexity index is 1250. The Kier molecular flexibility index (Phi) is 5.83. The number of hydrogen-bond acceptors (Lipinski definition) is 2. The maximum absolute atomic E-state index is 11.7. The second-order valence-corrected chi connectivity index (χ2v) is 7.85. The predicted molar refractivity (Wildman–Crippen MR) is 123 cm³/mol. The van der Waals surface area contributed by atoms with Crippen molar-refractivity contribution in [2.24, 2.45) is 0 Å². The van der Waals surface area contributed by atoms with Crippen molar-refractivity contribution in [1.82, 2.24) is 4.57 Å². The van der Waals surface area contributed by atoms with E-state index in [2.05, 4.69) is 0 Å². The fraction of sp³-hybridized carbons (Fsp3) is 0.115. The Hall–Kier alpha value is -3.50. The first-order chi connectivity index (χ1) is 14.9. The first-order valence-electron chi connectivity index (χ1n) is 9.93. The number of carboxylic acid groups (broad SMARTS) is 1. The third kappa shape index (κ3) is 4.35. The molecule has 0 amide bonds. The summed E-state index contributed by atoms with van der Waals surface area (Å²) >= 11 is 6.33. The van der Waals surface area contributed by atoms with Gasteiger partial charge in [-0.15, -0.1) is 0 Å². The average molecular weight is 432 g/mol. The van der Waals surface area contributed by atoms with Gasteiger partial charge in [-0.25, -0.2) is 4.79 Å². The number of rotatable bonds is 6. The SMILES string of the molecule is Cc1ccc(-n2c(C)ccc2-c2cc(Cl)ccc2OCc2ccccc2)cc1C(=O)O. The van der Waals surface area contributed by atoms with E-state index in [1.54, 1.807) is 19.1 Å². The highest BCUT2D eigenvalue weighted by Crippen LogP contribution is 2.36. The van der Waals surface area contributed by atoms with Gasteiger partial charge in [-0.1, -0.05) is 48.0 Å². The molecular formula is C26H22ClNO3. The molecule has 0 bridgehead atoms. The molecule has 0 aliphatic rings. The highest BCUT2D eigenvalue weighted by molar-refractivity contribution is 6.31. The van der Waals surface area contributed by atoms with Crippen LogP contribution in [0.4, 0.5) is 0 Å². The number of ether oxygens (including phenoxy) is 1. The van der Waals surface area contributed by atoms with Crippen molar-refractivity contribution in [3.63, 3.8) is 0 Å². The van der Waals surface area contributed by atoms with Crippen LogP contribution in [0.5, 0.6) is 5.75 Å². The Labute approximate surface area is 186 Å². The molecule has 0 spiro atoms. The molecule has 1 aromatic heterocycles. The van der Waals surface area contributed by atoms with Crippen molar-refractivity contribution < 1.29 is 14.6 Å². The molecule has 1 N–H and O–H groups in total. The van der Waals surface area contributed by atoms with Gasteiger partial charge in [-0.3, -0.25) is 0 Å². The third-order valence-electron chi connectivity index (χ3n) is 5.24. The van der Waals surface area contributed by atoms with Crippen molar-refractivity contribution in [1.29, 1.82) is 0 Å². The summed E-state index contributed by atoms with van der Waals surface area (Å²) in [5.74, 6) is -0.237. The monoisotopic (exact) mass is 431 g/mol. The molecule has 4 rings (SSSR count). The van der Waals surface area contributed by atoms with Crippen LogP contribution in [0.25, 0.3) is 16.9 Å². The van der Waals surface area contributed by atoms with Gasteiger partial charge >= 0.3 is 5.97 Å². The molecule has 0 saturated heterocycles. The summed E-state index contributed by atoms with van der Waals surface area (Å²) in [5, 5.41) is 10.2. The summed E-state index contributed by atoms with van der Waals surface area (Å²) in [5.41, 5.74) is 5.54. The largest absolute Gasteiger partial charge is 0.488 e. The third-order valence-corrected chi connectivity index (χ3v) is 5.48. The number of carboxylic acids is 1. The maximum Gasteiger partial charge on any atom is 0.336 e. The van der Waals surface area contributed by atoms with Crippen LogP contribution < -0.4 is 4.74 Å². The average Bonchev–Trinajstić information content (AvgIpc) is 3.15. The smallest absolute Gasteiger partial charge is 0.336 e. The van der Waals surface area contributed by atoms with Crippen molar-refractivity contribution in [2.45, 2.75) is 20.5 Å². The minimum absolute atomic E-state index is 0.281. The molecule has 31 heavy (non-hydrogen) atoms. The first-order valence-corrected chi connectivity index (χ1v) is 10.3. The lowest BCUT2D eigenvalue weighted by atomic mass is 10.1. The van der Waals surface area contributed by atoms with Gasteiger partial charge in [0.2, 0.25) is 0 Å². The Morgan fingerprint density at radius 1 is 0.968 bits per heavy atom. The molecule has 5 heteroatoms. The zero-order valence-electron chi connectivity index (χ0n) is 17.3. The van der Waals surface area contributed by atoms with Gasteiger partial charge in [0, 0.05) is 22.0 Å². The van der Waals surface area contributed by atoms with Gasteiger partial charge in [0.1, 0.15) is 12.4 Å². The highest BCUT2D eigenvalue weighted by atomic mass is 35.5. The van der Waals surface area contributed by atoms with Crippen LogP contribution >= 0.6 is 11.6 Å². The Balaban J connectivity index is 1.79. The van der Waals surface area contributed by atoms with Crippen LogP contribution in [0.2, 0.25) is 5.02 Å². The quantitative estimate of drug-likeness (QED) is 0.370. The lowest BCUT2D eigenvalue weighted by Crippen LogP contribution is -2.05. The molecule has 0 aliphatic carbocycles. The number of aryl methyl sites for hydroxylation is 2. The number of aromatic nitrogens is 1. The van der Waals surface area contributed by atoms with E-state index < -0.39 is 5.97 Å². The minimum Gasteiger partial charge on any atom is -0.488 e. The minimum atomic E-state index is -0.944. The summed E-state index contributed by atoms with van der Waals surface area (Å²) in [7, 11) is 0. The number of hydrogen-bond donors (Lipinski definition) is 1. The van der Waals surface area contributed by atoms with Gasteiger partial charge in [0.15, 0.2) is 0 Å². The van der Waals surface area contributed by atoms with E-state index in [4.69, 9.17) is 16.3 Å².